The Labute approximate surface area is 249 Å². The van der Waals surface area contributed by atoms with Gasteiger partial charge in [0.1, 0.15) is 17.9 Å². The van der Waals surface area contributed by atoms with Crippen LogP contribution in [-0.4, -0.2) is 45.4 Å². The summed E-state index contributed by atoms with van der Waals surface area (Å²) in [5.41, 5.74) is 1.68. The Hall–Kier alpha value is -4.74. The lowest BCUT2D eigenvalue weighted by atomic mass is 10.2. The number of benzene rings is 2. The van der Waals surface area contributed by atoms with Crippen molar-refractivity contribution in [2.75, 3.05) is 14.2 Å². The Morgan fingerprint density at radius 2 is 1.12 bits per heavy atom. The molecule has 2 aromatic heterocycles. The number of amides is 2. The number of aromatic hydroxyl groups is 2. The largest absolute Gasteiger partial charge is 0.497 e. The van der Waals surface area contributed by atoms with Crippen LogP contribution >= 0.6 is 0 Å². The minimum Gasteiger partial charge on any atom is -0.497 e. The highest BCUT2D eigenvalue weighted by molar-refractivity contribution is 6.00. The number of methoxy groups -OCH3 is 2. The number of carbonyl (C=O) groups is 2. The minimum absolute atomic E-state index is 0.113. The number of carbonyl (C=O) groups excluding carboxylic acids is 2. The summed E-state index contributed by atoms with van der Waals surface area (Å²) in [6.07, 6.45) is 5.05. The summed E-state index contributed by atoms with van der Waals surface area (Å²) in [5, 5.41) is 38.4. The molecule has 43 heavy (non-hydrogen) atoms. The van der Waals surface area contributed by atoms with Gasteiger partial charge in [0.2, 0.25) is 11.8 Å². The van der Waals surface area contributed by atoms with E-state index in [1.54, 1.807) is 33.4 Å². The van der Waals surface area contributed by atoms with Crippen LogP contribution in [0.1, 0.15) is 58.8 Å². The molecule has 0 saturated carbocycles. The van der Waals surface area contributed by atoms with Crippen molar-refractivity contribution < 1.29 is 29.3 Å². The first-order chi connectivity index (χ1) is 20.8. The van der Waals surface area contributed by atoms with E-state index in [0.29, 0.717) is 35.4 Å². The molecule has 12 heteroatoms. The Balaban J connectivity index is 1.54. The van der Waals surface area contributed by atoms with Gasteiger partial charge in [-0.2, -0.15) is 0 Å². The smallest absolute Gasteiger partial charge is 0.274 e. The highest BCUT2D eigenvalue weighted by atomic mass is 16.5. The van der Waals surface area contributed by atoms with Crippen molar-refractivity contribution >= 4 is 45.0 Å². The standard InChI is InChI=1S/C31H38N6O6/c1-5-7-9-15-36-24-13-11-20(42-3)17-22(24)28(30(36)40)34-32-26(38)19-27(39)33-35-29-23-18-21(43-4)12-14-25(23)37(31(29)41)16-10-8-6-2/h11-14,17-18,40-41H,5-10,15-16,19H2,1-4H3. The van der Waals surface area contributed by atoms with Crippen LogP contribution in [0.25, 0.3) is 21.8 Å². The van der Waals surface area contributed by atoms with Crippen molar-refractivity contribution in [2.45, 2.75) is 71.9 Å². The first-order valence-electron chi connectivity index (χ1n) is 14.5. The number of rotatable bonds is 14. The summed E-state index contributed by atoms with van der Waals surface area (Å²) in [4.78, 5) is 25.1. The number of aryl methyl sites for hydroxylation is 2. The van der Waals surface area contributed by atoms with Crippen molar-refractivity contribution in [1.82, 2.24) is 9.13 Å². The molecule has 2 amide bonds. The number of hydrogen-bond acceptors (Lipinski definition) is 8. The van der Waals surface area contributed by atoms with Crippen molar-refractivity contribution in [2.24, 2.45) is 20.5 Å². The van der Waals surface area contributed by atoms with Crippen LogP contribution in [0, 0.1) is 0 Å². The molecule has 0 unspecified atom stereocenters. The number of ether oxygens (including phenoxy) is 2. The van der Waals surface area contributed by atoms with Gasteiger partial charge in [0.25, 0.3) is 11.8 Å². The summed E-state index contributed by atoms with van der Waals surface area (Å²) in [6.45, 7) is 5.33. The van der Waals surface area contributed by atoms with E-state index in [-0.39, 0.29) is 23.1 Å². The van der Waals surface area contributed by atoms with E-state index in [1.165, 1.54) is 14.2 Å². The van der Waals surface area contributed by atoms with Gasteiger partial charge in [0.05, 0.1) is 25.3 Å². The van der Waals surface area contributed by atoms with E-state index in [9.17, 15) is 19.8 Å². The Morgan fingerprint density at radius 1 is 0.698 bits per heavy atom. The topological polar surface area (TPSA) is 152 Å². The fourth-order valence-corrected chi connectivity index (χ4v) is 4.96. The van der Waals surface area contributed by atoms with Gasteiger partial charge in [0, 0.05) is 23.9 Å². The predicted octanol–water partition coefficient (Wildman–Crippen LogP) is 7.72. The molecule has 12 nitrogen and oxygen atoms in total. The second-order valence-electron chi connectivity index (χ2n) is 10.2. The molecule has 0 aliphatic heterocycles. The van der Waals surface area contributed by atoms with Crippen LogP contribution in [0.5, 0.6) is 23.3 Å². The average molecular weight is 591 g/mol. The fraction of sp³-hybridized carbons (Fsp3) is 0.419. The summed E-state index contributed by atoms with van der Waals surface area (Å²) in [5.74, 6) is -0.836. The highest BCUT2D eigenvalue weighted by Crippen LogP contribution is 2.42. The lowest BCUT2D eigenvalue weighted by molar-refractivity contribution is -0.126. The Kier molecular flexibility index (Phi) is 10.5. The summed E-state index contributed by atoms with van der Waals surface area (Å²) in [6, 6.07) is 10.6. The zero-order chi connectivity index (χ0) is 30.9. The Bertz CT molecular complexity index is 1550. The third-order valence-corrected chi connectivity index (χ3v) is 7.23. The van der Waals surface area contributed by atoms with Crippen molar-refractivity contribution in [3.8, 4) is 23.3 Å². The summed E-state index contributed by atoms with van der Waals surface area (Å²) >= 11 is 0. The van der Waals surface area contributed by atoms with Crippen LogP contribution in [0.4, 0.5) is 11.4 Å². The first-order valence-corrected chi connectivity index (χ1v) is 14.5. The van der Waals surface area contributed by atoms with Gasteiger partial charge in [-0.3, -0.25) is 9.59 Å². The van der Waals surface area contributed by atoms with Crippen LogP contribution in [-0.2, 0) is 22.7 Å². The molecule has 4 aromatic rings. The zero-order valence-corrected chi connectivity index (χ0v) is 25.0. The molecule has 0 saturated heterocycles. The Morgan fingerprint density at radius 3 is 1.49 bits per heavy atom. The van der Waals surface area contributed by atoms with Crippen LogP contribution in [0.3, 0.4) is 0 Å². The van der Waals surface area contributed by atoms with Crippen LogP contribution in [0.2, 0.25) is 0 Å². The lowest BCUT2D eigenvalue weighted by Crippen LogP contribution is -2.01. The molecule has 0 radical (unpaired) electrons. The zero-order valence-electron chi connectivity index (χ0n) is 25.0. The minimum atomic E-state index is -0.856. The molecular weight excluding hydrogens is 552 g/mol. The van der Waals surface area contributed by atoms with E-state index in [4.69, 9.17) is 9.47 Å². The normalized spacial score (nSPS) is 11.8. The van der Waals surface area contributed by atoms with E-state index >= 15 is 0 Å². The maximum atomic E-state index is 12.6. The number of nitrogens with zero attached hydrogens (tertiary/aromatic N) is 6. The van der Waals surface area contributed by atoms with Gasteiger partial charge in [-0.15, -0.1) is 20.5 Å². The van der Waals surface area contributed by atoms with Crippen molar-refractivity contribution in [3.63, 3.8) is 0 Å². The molecule has 0 aliphatic carbocycles. The maximum absolute atomic E-state index is 12.6. The van der Waals surface area contributed by atoms with E-state index in [0.717, 1.165) is 49.6 Å². The second-order valence-corrected chi connectivity index (χ2v) is 10.2. The third kappa shape index (κ3) is 7.02. The lowest BCUT2D eigenvalue weighted by Gasteiger charge is -2.06. The molecule has 0 aliphatic rings. The first kappa shape index (κ1) is 31.2. The molecule has 2 heterocycles. The van der Waals surface area contributed by atoms with Crippen LogP contribution in [0.15, 0.2) is 56.9 Å². The molecule has 0 bridgehead atoms. The average Bonchev–Trinajstić information content (AvgIpc) is 3.42. The third-order valence-electron chi connectivity index (χ3n) is 7.23. The SMILES string of the molecule is CCCCCn1c(O)c(N=NC(=O)CC(=O)N=Nc2c(O)n(CCCCC)c3ccc(OC)cc23)c2cc(OC)ccc21. The van der Waals surface area contributed by atoms with Gasteiger partial charge in [-0.05, 0) is 49.2 Å². The van der Waals surface area contributed by atoms with E-state index in [2.05, 4.69) is 34.3 Å². The number of aromatic nitrogens is 2. The van der Waals surface area contributed by atoms with Gasteiger partial charge in [-0.1, -0.05) is 39.5 Å². The van der Waals surface area contributed by atoms with E-state index < -0.39 is 18.2 Å². The van der Waals surface area contributed by atoms with Crippen LogP contribution < -0.4 is 9.47 Å². The summed E-state index contributed by atoms with van der Waals surface area (Å²) in [7, 11) is 3.06. The molecule has 0 atom stereocenters. The van der Waals surface area contributed by atoms with Gasteiger partial charge < -0.3 is 28.8 Å². The van der Waals surface area contributed by atoms with Crippen molar-refractivity contribution in [3.05, 3.63) is 36.4 Å². The van der Waals surface area contributed by atoms with Gasteiger partial charge in [0.15, 0.2) is 11.4 Å². The molecule has 0 spiro atoms. The van der Waals surface area contributed by atoms with E-state index in [1.807, 2.05) is 12.1 Å². The second kappa shape index (κ2) is 14.4. The quantitative estimate of drug-likeness (QED) is 0.0871. The highest BCUT2D eigenvalue weighted by Gasteiger charge is 2.20. The molecule has 2 N–H and O–H groups in total. The number of unbranched alkanes of at least 4 members (excludes halogenated alkanes) is 4. The van der Waals surface area contributed by atoms with Gasteiger partial charge >= 0.3 is 0 Å². The number of azo groups is 2. The summed E-state index contributed by atoms with van der Waals surface area (Å²) < 4.78 is 14.1. The van der Waals surface area contributed by atoms with Gasteiger partial charge in [-0.25, -0.2) is 0 Å². The molecule has 0 fully saturated rings. The molecule has 2 aromatic carbocycles. The molecule has 4 rings (SSSR count). The van der Waals surface area contributed by atoms with Crippen molar-refractivity contribution in [1.29, 1.82) is 0 Å². The monoisotopic (exact) mass is 590 g/mol. The molecule has 228 valence electrons. The predicted molar refractivity (Wildman–Crippen MR) is 163 cm³/mol. The number of fused-ring (bicyclic) bond motifs is 2. The number of hydrogen-bond donors (Lipinski definition) is 2. The fourth-order valence-electron chi connectivity index (χ4n) is 4.96. The maximum Gasteiger partial charge on any atom is 0.274 e. The molecular formula is C31H38N6O6.